The number of hydrogen-bond donors (Lipinski definition) is 1. The molecule has 1 amide bonds. The Morgan fingerprint density at radius 1 is 1.07 bits per heavy atom. The third-order valence-corrected chi connectivity index (χ3v) is 5.31. The van der Waals surface area contributed by atoms with Gasteiger partial charge in [-0.25, -0.2) is 4.79 Å². The molecule has 4 rings (SSSR count). The Bertz CT molecular complexity index is 1090. The number of ether oxygens (including phenoxy) is 1. The molecule has 0 bridgehead atoms. The lowest BCUT2D eigenvalue weighted by molar-refractivity contribution is -0.123. The Labute approximate surface area is 170 Å². The number of nitrogens with one attached hydrogen (secondary N) is 1. The van der Waals surface area contributed by atoms with Gasteiger partial charge < -0.3 is 10.1 Å². The highest BCUT2D eigenvalue weighted by molar-refractivity contribution is 6.06. The second kappa shape index (κ2) is 8.03. The third kappa shape index (κ3) is 3.99. The first-order valence-electron chi connectivity index (χ1n) is 10.0. The molecule has 1 aromatic heterocycles. The van der Waals surface area contributed by atoms with Crippen LogP contribution in [0, 0.1) is 6.92 Å². The number of aryl methyl sites for hydroxylation is 2. The molecule has 0 spiro atoms. The molecule has 0 radical (unpaired) electrons. The van der Waals surface area contributed by atoms with Crippen molar-refractivity contribution in [1.29, 1.82) is 0 Å². The lowest BCUT2D eigenvalue weighted by Gasteiger charge is -2.21. The van der Waals surface area contributed by atoms with Crippen LogP contribution in [0.25, 0.3) is 10.9 Å². The van der Waals surface area contributed by atoms with Gasteiger partial charge in [0.2, 0.25) is 0 Å². The number of rotatable bonds is 4. The van der Waals surface area contributed by atoms with Crippen molar-refractivity contribution in [3.05, 3.63) is 70.9 Å². The van der Waals surface area contributed by atoms with E-state index in [0.717, 1.165) is 53.4 Å². The topological polar surface area (TPSA) is 68.3 Å². The van der Waals surface area contributed by atoms with E-state index < -0.39 is 12.1 Å². The third-order valence-electron chi connectivity index (χ3n) is 5.31. The van der Waals surface area contributed by atoms with Crippen LogP contribution in [-0.4, -0.2) is 23.0 Å². The number of nitrogens with zero attached hydrogens (tertiary/aromatic N) is 1. The standard InChI is InChI=1S/C24H24N2O3/c1-15-8-7-9-17(14-15)25-23(27)16(2)29-24(28)22-18-10-3-5-12-20(18)26-21-13-6-4-11-19(21)22/h3,5,7-10,12,14,16H,4,6,11,13H2,1-2H3,(H,25,27)/t16-/m0/s1. The molecule has 0 saturated heterocycles. The molecule has 29 heavy (non-hydrogen) atoms. The molecule has 1 heterocycles. The van der Waals surface area contributed by atoms with Gasteiger partial charge in [-0.1, -0.05) is 30.3 Å². The maximum atomic E-state index is 13.1. The number of carbonyl (C=O) groups is 2. The lowest BCUT2D eigenvalue weighted by atomic mass is 9.90. The zero-order valence-electron chi connectivity index (χ0n) is 16.7. The molecule has 5 heteroatoms. The molecule has 2 aromatic carbocycles. The summed E-state index contributed by atoms with van der Waals surface area (Å²) >= 11 is 0. The molecule has 3 aromatic rings. The molecule has 1 aliphatic rings. The highest BCUT2D eigenvalue weighted by Crippen LogP contribution is 2.30. The van der Waals surface area contributed by atoms with E-state index in [1.165, 1.54) is 0 Å². The summed E-state index contributed by atoms with van der Waals surface area (Å²) < 4.78 is 5.60. The number of pyridine rings is 1. The Kier molecular flexibility index (Phi) is 5.30. The number of esters is 1. The summed E-state index contributed by atoms with van der Waals surface area (Å²) in [5.74, 6) is -0.815. The summed E-state index contributed by atoms with van der Waals surface area (Å²) in [6.07, 6.45) is 2.86. The second-order valence-corrected chi connectivity index (χ2v) is 7.54. The van der Waals surface area contributed by atoms with Crippen molar-refractivity contribution < 1.29 is 14.3 Å². The maximum absolute atomic E-state index is 13.1. The number of aromatic nitrogens is 1. The first-order valence-corrected chi connectivity index (χ1v) is 10.0. The summed E-state index contributed by atoms with van der Waals surface area (Å²) in [5.41, 5.74) is 5.01. The van der Waals surface area contributed by atoms with Gasteiger partial charge in [-0.2, -0.15) is 0 Å². The summed E-state index contributed by atoms with van der Waals surface area (Å²) in [6.45, 7) is 3.55. The average Bonchev–Trinajstić information content (AvgIpc) is 2.71. The number of fused-ring (bicyclic) bond motifs is 2. The summed E-state index contributed by atoms with van der Waals surface area (Å²) in [4.78, 5) is 30.4. The highest BCUT2D eigenvalue weighted by atomic mass is 16.5. The van der Waals surface area contributed by atoms with E-state index >= 15 is 0 Å². The predicted molar refractivity (Wildman–Crippen MR) is 113 cm³/mol. The molecule has 148 valence electrons. The zero-order chi connectivity index (χ0) is 20.4. The van der Waals surface area contributed by atoms with Crippen LogP contribution >= 0.6 is 0 Å². The van der Waals surface area contributed by atoms with Crippen LogP contribution in [0.3, 0.4) is 0 Å². The van der Waals surface area contributed by atoms with E-state index in [1.54, 1.807) is 6.92 Å². The van der Waals surface area contributed by atoms with Crippen molar-refractivity contribution in [3.63, 3.8) is 0 Å². The largest absolute Gasteiger partial charge is 0.449 e. The van der Waals surface area contributed by atoms with Gasteiger partial charge in [0.05, 0.1) is 11.1 Å². The van der Waals surface area contributed by atoms with Crippen LogP contribution in [0.2, 0.25) is 0 Å². The van der Waals surface area contributed by atoms with Gasteiger partial charge in [-0.15, -0.1) is 0 Å². The molecule has 1 N–H and O–H groups in total. The van der Waals surface area contributed by atoms with Gasteiger partial charge in [0.1, 0.15) is 0 Å². The van der Waals surface area contributed by atoms with E-state index in [9.17, 15) is 9.59 Å². The van der Waals surface area contributed by atoms with Gasteiger partial charge in [0, 0.05) is 16.8 Å². The van der Waals surface area contributed by atoms with E-state index in [0.29, 0.717) is 11.3 Å². The molecule has 0 saturated carbocycles. The average molecular weight is 388 g/mol. The first kappa shape index (κ1) is 19.1. The number of benzene rings is 2. The van der Waals surface area contributed by atoms with Crippen LogP contribution in [0.4, 0.5) is 5.69 Å². The molecule has 0 fully saturated rings. The van der Waals surface area contributed by atoms with Crippen molar-refractivity contribution in [2.45, 2.75) is 45.6 Å². The minimum Gasteiger partial charge on any atom is -0.449 e. The van der Waals surface area contributed by atoms with Crippen molar-refractivity contribution >= 4 is 28.5 Å². The fraction of sp³-hybridized carbons (Fsp3) is 0.292. The molecule has 0 aliphatic heterocycles. The van der Waals surface area contributed by atoms with Gasteiger partial charge in [-0.05, 0) is 68.9 Å². The Balaban J connectivity index is 1.59. The fourth-order valence-corrected chi connectivity index (χ4v) is 3.85. The minimum atomic E-state index is -0.908. The van der Waals surface area contributed by atoms with Crippen LogP contribution in [0.5, 0.6) is 0 Å². The van der Waals surface area contributed by atoms with E-state index in [1.807, 2.05) is 55.5 Å². The van der Waals surface area contributed by atoms with Gasteiger partial charge in [-0.3, -0.25) is 9.78 Å². The Morgan fingerprint density at radius 2 is 1.86 bits per heavy atom. The Hall–Kier alpha value is -3.21. The molecular weight excluding hydrogens is 364 g/mol. The monoisotopic (exact) mass is 388 g/mol. The van der Waals surface area contributed by atoms with Crippen molar-refractivity contribution in [2.24, 2.45) is 0 Å². The van der Waals surface area contributed by atoms with Crippen LogP contribution in [0.15, 0.2) is 48.5 Å². The first-order chi connectivity index (χ1) is 14.0. The lowest BCUT2D eigenvalue weighted by Crippen LogP contribution is -2.30. The number of hydrogen-bond acceptors (Lipinski definition) is 4. The van der Waals surface area contributed by atoms with Crippen LogP contribution in [0.1, 0.15) is 46.9 Å². The van der Waals surface area contributed by atoms with E-state index in [-0.39, 0.29) is 5.91 Å². The fourth-order valence-electron chi connectivity index (χ4n) is 3.85. The summed E-state index contributed by atoms with van der Waals surface area (Å²) in [7, 11) is 0. The van der Waals surface area contributed by atoms with E-state index in [2.05, 4.69) is 5.32 Å². The van der Waals surface area contributed by atoms with Crippen LogP contribution < -0.4 is 5.32 Å². The maximum Gasteiger partial charge on any atom is 0.339 e. The smallest absolute Gasteiger partial charge is 0.339 e. The number of carbonyl (C=O) groups excluding carboxylic acids is 2. The minimum absolute atomic E-state index is 0.351. The summed E-state index contributed by atoms with van der Waals surface area (Å²) in [5, 5.41) is 3.59. The molecule has 1 aliphatic carbocycles. The molecule has 1 atom stereocenters. The highest BCUT2D eigenvalue weighted by Gasteiger charge is 2.26. The van der Waals surface area contributed by atoms with Gasteiger partial charge in [0.25, 0.3) is 5.91 Å². The second-order valence-electron chi connectivity index (χ2n) is 7.54. The van der Waals surface area contributed by atoms with Crippen molar-refractivity contribution in [3.8, 4) is 0 Å². The molecular formula is C24H24N2O3. The van der Waals surface area contributed by atoms with Crippen molar-refractivity contribution in [1.82, 2.24) is 4.98 Å². The normalized spacial score (nSPS) is 14.1. The Morgan fingerprint density at radius 3 is 2.69 bits per heavy atom. The SMILES string of the molecule is Cc1cccc(NC(=O)[C@H](C)OC(=O)c2c3c(nc4ccccc24)CCCC3)c1. The predicted octanol–water partition coefficient (Wildman–Crippen LogP) is 4.61. The van der Waals surface area contributed by atoms with E-state index in [4.69, 9.17) is 9.72 Å². The number of amides is 1. The number of para-hydroxylation sites is 1. The quantitative estimate of drug-likeness (QED) is 0.663. The molecule has 5 nitrogen and oxygen atoms in total. The molecule has 0 unspecified atom stereocenters. The number of anilines is 1. The van der Waals surface area contributed by atoms with Crippen molar-refractivity contribution in [2.75, 3.05) is 5.32 Å². The van der Waals surface area contributed by atoms with Gasteiger partial charge >= 0.3 is 5.97 Å². The van der Waals surface area contributed by atoms with Gasteiger partial charge in [0.15, 0.2) is 6.10 Å². The summed E-state index contributed by atoms with van der Waals surface area (Å²) in [6, 6.07) is 15.1. The van der Waals surface area contributed by atoms with Crippen LogP contribution in [-0.2, 0) is 22.4 Å². The zero-order valence-corrected chi connectivity index (χ0v) is 16.7.